The molecule has 0 spiro atoms. The molecule has 5 heteroatoms. The number of nitrogens with zero attached hydrogens (tertiary/aromatic N) is 1. The maximum atomic E-state index is 12.1. The average molecular weight is 258 g/mol. The van der Waals surface area contributed by atoms with E-state index in [4.69, 9.17) is 5.11 Å². The first-order chi connectivity index (χ1) is 8.31. The van der Waals surface area contributed by atoms with Crippen molar-refractivity contribution in [3.05, 3.63) is 0 Å². The van der Waals surface area contributed by atoms with Gasteiger partial charge in [0, 0.05) is 0 Å². The number of carbonyl (C=O) groups is 2. The summed E-state index contributed by atoms with van der Waals surface area (Å²) in [7, 11) is 3.65. The van der Waals surface area contributed by atoms with E-state index in [1.54, 1.807) is 0 Å². The summed E-state index contributed by atoms with van der Waals surface area (Å²) in [5.41, 5.74) is 0. The lowest BCUT2D eigenvalue weighted by Gasteiger charge is -2.28. The van der Waals surface area contributed by atoms with Gasteiger partial charge in [-0.05, 0) is 26.4 Å². The van der Waals surface area contributed by atoms with Crippen molar-refractivity contribution in [1.82, 2.24) is 10.2 Å². The SMILES string of the molecule is CCCCC(NC(=O)[C@H](C(C)C)N(C)C)C(=O)O. The van der Waals surface area contributed by atoms with Gasteiger partial charge < -0.3 is 10.4 Å². The number of nitrogens with one attached hydrogen (secondary N) is 1. The van der Waals surface area contributed by atoms with Crippen molar-refractivity contribution in [1.29, 1.82) is 0 Å². The molecule has 0 saturated carbocycles. The Morgan fingerprint density at radius 2 is 1.83 bits per heavy atom. The maximum absolute atomic E-state index is 12.1. The van der Waals surface area contributed by atoms with Crippen LogP contribution in [0.25, 0.3) is 0 Å². The highest BCUT2D eigenvalue weighted by Gasteiger charge is 2.28. The van der Waals surface area contributed by atoms with Crippen LogP contribution in [-0.4, -0.2) is 48.1 Å². The van der Waals surface area contributed by atoms with Gasteiger partial charge in [-0.25, -0.2) is 4.79 Å². The van der Waals surface area contributed by atoms with Gasteiger partial charge in [0.15, 0.2) is 0 Å². The quantitative estimate of drug-likeness (QED) is 0.689. The van der Waals surface area contributed by atoms with E-state index in [0.29, 0.717) is 6.42 Å². The second kappa shape index (κ2) is 8.08. The first kappa shape index (κ1) is 16.9. The molecule has 0 rings (SSSR count). The Balaban J connectivity index is 4.61. The number of carboxylic acids is 1. The van der Waals surface area contributed by atoms with Crippen LogP contribution < -0.4 is 5.32 Å². The third-order valence-corrected chi connectivity index (χ3v) is 2.92. The molecule has 0 fully saturated rings. The van der Waals surface area contributed by atoms with Crippen molar-refractivity contribution < 1.29 is 14.7 Å². The van der Waals surface area contributed by atoms with Crippen LogP contribution >= 0.6 is 0 Å². The number of likely N-dealkylation sites (N-methyl/N-ethyl adjacent to an activating group) is 1. The van der Waals surface area contributed by atoms with Crippen LogP contribution in [0.3, 0.4) is 0 Å². The molecule has 2 atom stereocenters. The molecule has 5 nitrogen and oxygen atoms in total. The zero-order chi connectivity index (χ0) is 14.3. The summed E-state index contributed by atoms with van der Waals surface area (Å²) >= 11 is 0. The largest absolute Gasteiger partial charge is 0.480 e. The summed E-state index contributed by atoms with van der Waals surface area (Å²) in [6, 6.07) is -1.08. The molecule has 1 amide bonds. The molecule has 0 radical (unpaired) electrons. The lowest BCUT2D eigenvalue weighted by atomic mass is 10.0. The molecule has 0 heterocycles. The van der Waals surface area contributed by atoms with Gasteiger partial charge in [-0.1, -0.05) is 33.6 Å². The number of carboxylic acid groups (broad SMARTS) is 1. The van der Waals surface area contributed by atoms with E-state index < -0.39 is 12.0 Å². The van der Waals surface area contributed by atoms with Crippen molar-refractivity contribution >= 4 is 11.9 Å². The Morgan fingerprint density at radius 1 is 1.28 bits per heavy atom. The van der Waals surface area contributed by atoms with Gasteiger partial charge in [0.1, 0.15) is 6.04 Å². The lowest BCUT2D eigenvalue weighted by Crippen LogP contribution is -2.51. The van der Waals surface area contributed by atoms with Gasteiger partial charge in [0.25, 0.3) is 0 Å². The summed E-state index contributed by atoms with van der Waals surface area (Å²) in [5, 5.41) is 11.7. The topological polar surface area (TPSA) is 69.6 Å². The van der Waals surface area contributed by atoms with Crippen molar-refractivity contribution in [2.24, 2.45) is 5.92 Å². The number of hydrogen-bond acceptors (Lipinski definition) is 3. The molecule has 18 heavy (non-hydrogen) atoms. The Hall–Kier alpha value is -1.10. The first-order valence-electron chi connectivity index (χ1n) is 6.50. The highest BCUT2D eigenvalue weighted by atomic mass is 16.4. The fourth-order valence-electron chi connectivity index (χ4n) is 2.06. The monoisotopic (exact) mass is 258 g/mol. The molecule has 0 aromatic rings. The highest BCUT2D eigenvalue weighted by molar-refractivity contribution is 5.87. The second-order valence-corrected chi connectivity index (χ2v) is 5.19. The Bertz CT molecular complexity index is 269. The number of carbonyl (C=O) groups excluding carboxylic acids is 1. The minimum absolute atomic E-state index is 0.139. The third kappa shape index (κ3) is 5.49. The van der Waals surface area contributed by atoms with E-state index in [9.17, 15) is 9.59 Å². The number of rotatable bonds is 8. The maximum Gasteiger partial charge on any atom is 0.326 e. The van der Waals surface area contributed by atoms with Crippen molar-refractivity contribution in [3.8, 4) is 0 Å². The van der Waals surface area contributed by atoms with E-state index >= 15 is 0 Å². The standard InChI is InChI=1S/C13H26N2O3/c1-6-7-8-10(13(17)18)14-12(16)11(9(2)3)15(4)5/h9-11H,6-8H2,1-5H3,(H,14,16)(H,17,18)/t10?,11-/m0/s1. The molecular formula is C13H26N2O3. The summed E-state index contributed by atoms with van der Waals surface area (Å²) in [6.07, 6.45) is 2.20. The smallest absolute Gasteiger partial charge is 0.326 e. The van der Waals surface area contributed by atoms with Gasteiger partial charge in [-0.15, -0.1) is 0 Å². The van der Waals surface area contributed by atoms with Crippen molar-refractivity contribution in [2.75, 3.05) is 14.1 Å². The van der Waals surface area contributed by atoms with Gasteiger partial charge in [0.05, 0.1) is 6.04 Å². The van der Waals surface area contributed by atoms with Crippen LogP contribution in [0.2, 0.25) is 0 Å². The Labute approximate surface area is 110 Å². The molecule has 106 valence electrons. The van der Waals surface area contributed by atoms with E-state index in [1.165, 1.54) is 0 Å². The normalized spacial score (nSPS) is 14.6. The second-order valence-electron chi connectivity index (χ2n) is 5.19. The minimum Gasteiger partial charge on any atom is -0.480 e. The average Bonchev–Trinajstić information content (AvgIpc) is 2.22. The molecule has 0 saturated heterocycles. The Morgan fingerprint density at radius 3 is 2.17 bits per heavy atom. The molecule has 0 aromatic heterocycles. The fraction of sp³-hybridized carbons (Fsp3) is 0.846. The lowest BCUT2D eigenvalue weighted by molar-refractivity contribution is -0.143. The van der Waals surface area contributed by atoms with Crippen LogP contribution in [0.4, 0.5) is 0 Å². The zero-order valence-electron chi connectivity index (χ0n) is 12.1. The fourth-order valence-corrected chi connectivity index (χ4v) is 2.06. The van der Waals surface area contributed by atoms with Crippen molar-refractivity contribution in [3.63, 3.8) is 0 Å². The van der Waals surface area contributed by atoms with Crippen LogP contribution in [0, 0.1) is 5.92 Å². The summed E-state index contributed by atoms with van der Waals surface area (Å²) in [4.78, 5) is 25.0. The molecular weight excluding hydrogens is 232 g/mol. The molecule has 1 unspecified atom stereocenters. The van der Waals surface area contributed by atoms with E-state index in [1.807, 2.05) is 39.8 Å². The molecule has 0 aliphatic carbocycles. The summed E-state index contributed by atoms with van der Waals surface area (Å²) in [5.74, 6) is -1.03. The van der Waals surface area contributed by atoms with E-state index in [-0.39, 0.29) is 17.9 Å². The highest BCUT2D eigenvalue weighted by Crippen LogP contribution is 2.09. The number of unbranched alkanes of at least 4 members (excludes halogenated alkanes) is 1. The minimum atomic E-state index is -0.960. The number of amides is 1. The van der Waals surface area contributed by atoms with Crippen molar-refractivity contribution in [2.45, 2.75) is 52.1 Å². The van der Waals surface area contributed by atoms with Gasteiger partial charge in [-0.2, -0.15) is 0 Å². The number of hydrogen-bond donors (Lipinski definition) is 2. The molecule has 0 bridgehead atoms. The van der Waals surface area contributed by atoms with Crippen LogP contribution in [0.15, 0.2) is 0 Å². The van der Waals surface area contributed by atoms with Gasteiger partial charge in [0.2, 0.25) is 5.91 Å². The zero-order valence-corrected chi connectivity index (χ0v) is 12.1. The summed E-state index contributed by atoms with van der Waals surface area (Å²) < 4.78 is 0. The van der Waals surface area contributed by atoms with Crippen LogP contribution in [0.5, 0.6) is 0 Å². The third-order valence-electron chi connectivity index (χ3n) is 2.92. The van der Waals surface area contributed by atoms with E-state index in [2.05, 4.69) is 5.32 Å². The number of aliphatic carboxylic acids is 1. The Kier molecular flexibility index (Phi) is 7.59. The first-order valence-corrected chi connectivity index (χ1v) is 6.50. The predicted octanol–water partition coefficient (Wildman–Crippen LogP) is 1.33. The summed E-state index contributed by atoms with van der Waals surface area (Å²) in [6.45, 7) is 5.90. The van der Waals surface area contributed by atoms with Gasteiger partial charge >= 0.3 is 5.97 Å². The van der Waals surface area contributed by atoms with Crippen LogP contribution in [-0.2, 0) is 9.59 Å². The van der Waals surface area contributed by atoms with Gasteiger partial charge in [-0.3, -0.25) is 9.69 Å². The molecule has 2 N–H and O–H groups in total. The molecule has 0 aromatic carbocycles. The van der Waals surface area contributed by atoms with E-state index in [0.717, 1.165) is 12.8 Å². The molecule has 0 aliphatic heterocycles. The molecule has 0 aliphatic rings. The van der Waals surface area contributed by atoms with Crippen LogP contribution in [0.1, 0.15) is 40.0 Å². The predicted molar refractivity (Wildman–Crippen MR) is 71.4 cm³/mol.